The predicted octanol–water partition coefficient (Wildman–Crippen LogP) is 0.479. The SMILES string of the molecule is COC(=O)C(NC(=O)C1CCCO1)C(C)C. The van der Waals surface area contributed by atoms with Crippen LogP contribution in [0.25, 0.3) is 0 Å². The molecule has 2 atom stereocenters. The highest BCUT2D eigenvalue weighted by atomic mass is 16.5. The standard InChI is InChI=1S/C11H19NO4/c1-7(2)9(11(14)15-3)12-10(13)8-5-4-6-16-8/h7-9H,4-6H2,1-3H3,(H,12,13). The monoisotopic (exact) mass is 229 g/mol. The highest BCUT2D eigenvalue weighted by Crippen LogP contribution is 2.13. The average molecular weight is 229 g/mol. The Labute approximate surface area is 95.5 Å². The molecule has 0 aromatic rings. The Bertz CT molecular complexity index is 259. The maximum absolute atomic E-state index is 11.7. The van der Waals surface area contributed by atoms with Crippen LogP contribution in [0.5, 0.6) is 0 Å². The van der Waals surface area contributed by atoms with Gasteiger partial charge in [0.15, 0.2) is 0 Å². The summed E-state index contributed by atoms with van der Waals surface area (Å²) in [6.07, 6.45) is 1.20. The number of nitrogens with one attached hydrogen (secondary N) is 1. The molecule has 0 aromatic carbocycles. The molecule has 0 spiro atoms. The van der Waals surface area contributed by atoms with Crippen molar-refractivity contribution in [1.82, 2.24) is 5.32 Å². The third-order valence-electron chi connectivity index (χ3n) is 2.64. The summed E-state index contributed by atoms with van der Waals surface area (Å²) in [5, 5.41) is 2.67. The second-order valence-corrected chi connectivity index (χ2v) is 4.26. The van der Waals surface area contributed by atoms with E-state index in [1.165, 1.54) is 7.11 Å². The van der Waals surface area contributed by atoms with Crippen molar-refractivity contribution in [3.05, 3.63) is 0 Å². The molecule has 1 N–H and O–H groups in total. The van der Waals surface area contributed by atoms with Crippen molar-refractivity contribution in [1.29, 1.82) is 0 Å². The first kappa shape index (κ1) is 13.0. The summed E-state index contributed by atoms with van der Waals surface area (Å²) in [5.41, 5.74) is 0. The quantitative estimate of drug-likeness (QED) is 0.712. The Morgan fingerprint density at radius 2 is 2.12 bits per heavy atom. The molecular weight excluding hydrogens is 210 g/mol. The number of methoxy groups -OCH3 is 1. The van der Waals surface area contributed by atoms with E-state index in [-0.39, 0.29) is 11.8 Å². The van der Waals surface area contributed by atoms with Crippen LogP contribution in [-0.4, -0.2) is 37.7 Å². The summed E-state index contributed by atoms with van der Waals surface area (Å²) in [5.74, 6) is -0.638. The second-order valence-electron chi connectivity index (χ2n) is 4.26. The van der Waals surface area contributed by atoms with Crippen molar-refractivity contribution in [3.8, 4) is 0 Å². The fraction of sp³-hybridized carbons (Fsp3) is 0.818. The van der Waals surface area contributed by atoms with Crippen LogP contribution in [0, 0.1) is 5.92 Å². The molecule has 1 fully saturated rings. The first-order chi connectivity index (χ1) is 7.56. The van der Waals surface area contributed by atoms with E-state index in [0.717, 1.165) is 12.8 Å². The second kappa shape index (κ2) is 5.84. The van der Waals surface area contributed by atoms with E-state index in [4.69, 9.17) is 4.74 Å². The van der Waals surface area contributed by atoms with Gasteiger partial charge in [0, 0.05) is 6.61 Å². The van der Waals surface area contributed by atoms with Crippen molar-refractivity contribution >= 4 is 11.9 Å². The number of esters is 1. The number of carbonyl (C=O) groups is 2. The maximum atomic E-state index is 11.7. The highest BCUT2D eigenvalue weighted by molar-refractivity contribution is 5.87. The summed E-state index contributed by atoms with van der Waals surface area (Å²) in [6, 6.07) is -0.596. The fourth-order valence-electron chi connectivity index (χ4n) is 1.66. The molecular formula is C11H19NO4. The first-order valence-electron chi connectivity index (χ1n) is 5.56. The van der Waals surface area contributed by atoms with E-state index in [0.29, 0.717) is 6.61 Å². The minimum absolute atomic E-state index is 0.00203. The van der Waals surface area contributed by atoms with Gasteiger partial charge in [-0.2, -0.15) is 0 Å². The van der Waals surface area contributed by atoms with Crippen molar-refractivity contribution in [2.24, 2.45) is 5.92 Å². The summed E-state index contributed by atoms with van der Waals surface area (Å²) < 4.78 is 9.89. The number of hydrogen-bond acceptors (Lipinski definition) is 4. The minimum atomic E-state index is -0.596. The third kappa shape index (κ3) is 3.20. The van der Waals surface area contributed by atoms with E-state index in [9.17, 15) is 9.59 Å². The molecule has 0 aliphatic carbocycles. The molecule has 1 rings (SSSR count). The van der Waals surface area contributed by atoms with Crippen molar-refractivity contribution in [3.63, 3.8) is 0 Å². The molecule has 1 aliphatic heterocycles. The Balaban J connectivity index is 2.53. The van der Waals surface area contributed by atoms with Gasteiger partial charge in [-0.25, -0.2) is 4.79 Å². The van der Waals surface area contributed by atoms with Gasteiger partial charge in [-0.3, -0.25) is 4.79 Å². The molecule has 2 unspecified atom stereocenters. The van der Waals surface area contributed by atoms with Crippen LogP contribution in [0.3, 0.4) is 0 Å². The maximum Gasteiger partial charge on any atom is 0.328 e. The highest BCUT2D eigenvalue weighted by Gasteiger charge is 2.30. The van der Waals surface area contributed by atoms with Gasteiger partial charge >= 0.3 is 5.97 Å². The molecule has 92 valence electrons. The van der Waals surface area contributed by atoms with Gasteiger partial charge in [-0.15, -0.1) is 0 Å². The van der Waals surface area contributed by atoms with Gasteiger partial charge < -0.3 is 14.8 Å². The molecule has 0 saturated carbocycles. The summed E-state index contributed by atoms with van der Waals surface area (Å²) >= 11 is 0. The number of amides is 1. The number of hydrogen-bond donors (Lipinski definition) is 1. The third-order valence-corrected chi connectivity index (χ3v) is 2.64. The van der Waals surface area contributed by atoms with Gasteiger partial charge in [0.25, 0.3) is 0 Å². The summed E-state index contributed by atoms with van der Waals surface area (Å²) in [7, 11) is 1.32. The van der Waals surface area contributed by atoms with Crippen LogP contribution in [0.2, 0.25) is 0 Å². The minimum Gasteiger partial charge on any atom is -0.467 e. The fourth-order valence-corrected chi connectivity index (χ4v) is 1.66. The zero-order chi connectivity index (χ0) is 12.1. The van der Waals surface area contributed by atoms with Crippen LogP contribution in [0.4, 0.5) is 0 Å². The van der Waals surface area contributed by atoms with Gasteiger partial charge in [0.2, 0.25) is 5.91 Å². The van der Waals surface area contributed by atoms with Crippen LogP contribution in [-0.2, 0) is 19.1 Å². The number of ether oxygens (including phenoxy) is 2. The zero-order valence-corrected chi connectivity index (χ0v) is 9.99. The molecule has 16 heavy (non-hydrogen) atoms. The summed E-state index contributed by atoms with van der Waals surface area (Å²) in [6.45, 7) is 4.33. The Morgan fingerprint density at radius 1 is 1.44 bits per heavy atom. The lowest BCUT2D eigenvalue weighted by atomic mass is 10.0. The summed E-state index contributed by atoms with van der Waals surface area (Å²) in [4.78, 5) is 23.2. The van der Waals surface area contributed by atoms with Crippen LogP contribution < -0.4 is 5.32 Å². The lowest BCUT2D eigenvalue weighted by Gasteiger charge is -2.21. The van der Waals surface area contributed by atoms with Gasteiger partial charge in [0.05, 0.1) is 7.11 Å². The van der Waals surface area contributed by atoms with E-state index >= 15 is 0 Å². The first-order valence-corrected chi connectivity index (χ1v) is 5.56. The largest absolute Gasteiger partial charge is 0.467 e. The van der Waals surface area contributed by atoms with E-state index in [1.807, 2.05) is 13.8 Å². The van der Waals surface area contributed by atoms with Gasteiger partial charge in [-0.05, 0) is 18.8 Å². The average Bonchev–Trinajstić information content (AvgIpc) is 2.77. The van der Waals surface area contributed by atoms with Crippen LogP contribution in [0.15, 0.2) is 0 Å². The lowest BCUT2D eigenvalue weighted by molar-refractivity contribution is -0.147. The normalized spacial score (nSPS) is 21.9. The van der Waals surface area contributed by atoms with Crippen molar-refractivity contribution < 1.29 is 19.1 Å². The van der Waals surface area contributed by atoms with Gasteiger partial charge in [-0.1, -0.05) is 13.8 Å². The molecule has 1 saturated heterocycles. The van der Waals surface area contributed by atoms with Crippen molar-refractivity contribution in [2.45, 2.75) is 38.8 Å². The molecule has 1 aliphatic rings. The predicted molar refractivity (Wildman–Crippen MR) is 57.8 cm³/mol. The lowest BCUT2D eigenvalue weighted by Crippen LogP contribution is -2.48. The molecule has 0 bridgehead atoms. The van der Waals surface area contributed by atoms with Crippen molar-refractivity contribution in [2.75, 3.05) is 13.7 Å². The Hall–Kier alpha value is -1.10. The van der Waals surface area contributed by atoms with E-state index < -0.39 is 18.1 Å². The molecule has 5 nitrogen and oxygen atoms in total. The molecule has 1 heterocycles. The Kier molecular flexibility index (Phi) is 4.73. The number of rotatable bonds is 4. The topological polar surface area (TPSA) is 64.6 Å². The van der Waals surface area contributed by atoms with E-state index in [2.05, 4.69) is 10.1 Å². The van der Waals surface area contributed by atoms with Crippen LogP contribution in [0.1, 0.15) is 26.7 Å². The Morgan fingerprint density at radius 3 is 2.56 bits per heavy atom. The number of carbonyl (C=O) groups excluding carboxylic acids is 2. The smallest absolute Gasteiger partial charge is 0.328 e. The van der Waals surface area contributed by atoms with E-state index in [1.54, 1.807) is 0 Å². The van der Waals surface area contributed by atoms with Crippen LogP contribution >= 0.6 is 0 Å². The zero-order valence-electron chi connectivity index (χ0n) is 9.99. The molecule has 0 radical (unpaired) electrons. The van der Waals surface area contributed by atoms with Gasteiger partial charge in [0.1, 0.15) is 12.1 Å². The molecule has 0 aromatic heterocycles. The molecule has 5 heteroatoms. The molecule has 1 amide bonds.